The van der Waals surface area contributed by atoms with Gasteiger partial charge in [-0.05, 0) is 72.2 Å². The first kappa shape index (κ1) is 18.9. The van der Waals surface area contributed by atoms with Crippen LogP contribution in [0.4, 0.5) is 0 Å². The number of rotatable bonds is 6. The van der Waals surface area contributed by atoms with Crippen LogP contribution in [0.1, 0.15) is 47.2 Å². The smallest absolute Gasteiger partial charge is 0.118 e. The van der Waals surface area contributed by atoms with E-state index in [0.29, 0.717) is 24.3 Å². The third-order valence-electron chi connectivity index (χ3n) is 5.05. The van der Waals surface area contributed by atoms with Gasteiger partial charge in [-0.3, -0.25) is 0 Å². The number of phenolic OH excluding ortho intramolecular Hbond substituents is 2. The first-order valence-corrected chi connectivity index (χ1v) is 8.60. The van der Waals surface area contributed by atoms with Crippen LogP contribution in [0.25, 0.3) is 0 Å². The number of allylic oxidation sites excluding steroid dienone is 2. The number of aromatic hydroxyl groups is 2. The van der Waals surface area contributed by atoms with E-state index in [0.717, 1.165) is 33.4 Å². The lowest BCUT2D eigenvalue weighted by Gasteiger charge is -2.32. The standard InChI is InChI=1S/C23H28O2/c1-7-9-17-14-22(25)15(3)13-20(17)23(5,6)19-11-12-21(24)16(4)18(19)10-8-2/h7-8,11-14,24-25H,1-2,9-10H2,3-6H3. The van der Waals surface area contributed by atoms with Gasteiger partial charge >= 0.3 is 0 Å². The second-order valence-corrected chi connectivity index (χ2v) is 7.14. The van der Waals surface area contributed by atoms with Crippen molar-refractivity contribution < 1.29 is 10.2 Å². The fourth-order valence-corrected chi connectivity index (χ4v) is 3.53. The van der Waals surface area contributed by atoms with Gasteiger partial charge in [-0.15, -0.1) is 13.2 Å². The molecular weight excluding hydrogens is 308 g/mol. The van der Waals surface area contributed by atoms with Gasteiger partial charge in [0.05, 0.1) is 0 Å². The maximum atomic E-state index is 10.1. The summed E-state index contributed by atoms with van der Waals surface area (Å²) in [5.74, 6) is 0.620. The Balaban J connectivity index is 2.75. The monoisotopic (exact) mass is 336 g/mol. The van der Waals surface area contributed by atoms with E-state index >= 15 is 0 Å². The van der Waals surface area contributed by atoms with Crippen molar-refractivity contribution in [3.8, 4) is 11.5 Å². The number of phenols is 2. The van der Waals surface area contributed by atoms with Crippen LogP contribution in [-0.2, 0) is 18.3 Å². The molecule has 2 aromatic carbocycles. The molecule has 2 heteroatoms. The maximum absolute atomic E-state index is 10.1. The van der Waals surface area contributed by atoms with Gasteiger partial charge in [0.1, 0.15) is 11.5 Å². The molecule has 2 aromatic rings. The van der Waals surface area contributed by atoms with Crippen LogP contribution < -0.4 is 0 Å². The molecule has 0 atom stereocenters. The summed E-state index contributed by atoms with van der Waals surface area (Å²) in [6.45, 7) is 15.9. The van der Waals surface area contributed by atoms with Crippen molar-refractivity contribution in [2.45, 2.75) is 46.0 Å². The van der Waals surface area contributed by atoms with Gasteiger partial charge in [0.25, 0.3) is 0 Å². The predicted molar refractivity (Wildman–Crippen MR) is 106 cm³/mol. The SMILES string of the molecule is C=CCc1cc(O)c(C)cc1C(C)(C)c1ccc(O)c(C)c1CC=C. The van der Waals surface area contributed by atoms with Crippen LogP contribution in [0.2, 0.25) is 0 Å². The Labute approximate surface area is 151 Å². The molecule has 0 saturated carbocycles. The summed E-state index contributed by atoms with van der Waals surface area (Å²) in [6.07, 6.45) is 5.12. The average molecular weight is 336 g/mol. The summed E-state index contributed by atoms with van der Waals surface area (Å²) in [6, 6.07) is 7.67. The van der Waals surface area contributed by atoms with E-state index in [1.807, 2.05) is 38.1 Å². The van der Waals surface area contributed by atoms with Gasteiger partial charge in [-0.25, -0.2) is 0 Å². The summed E-state index contributed by atoms with van der Waals surface area (Å²) in [5.41, 5.74) is 5.97. The number of hydrogen-bond donors (Lipinski definition) is 2. The Morgan fingerprint density at radius 2 is 1.56 bits per heavy atom. The second kappa shape index (κ2) is 7.18. The Kier molecular flexibility index (Phi) is 5.42. The molecule has 0 fully saturated rings. The van der Waals surface area contributed by atoms with E-state index in [9.17, 15) is 10.2 Å². The van der Waals surface area contributed by atoms with Gasteiger partial charge in [-0.2, -0.15) is 0 Å². The minimum atomic E-state index is -0.284. The lowest BCUT2D eigenvalue weighted by molar-refractivity contribution is 0.468. The third kappa shape index (κ3) is 3.48. The molecule has 2 N–H and O–H groups in total. The molecular formula is C23H28O2. The molecule has 0 radical (unpaired) electrons. The zero-order valence-corrected chi connectivity index (χ0v) is 15.7. The van der Waals surface area contributed by atoms with Crippen molar-refractivity contribution in [3.63, 3.8) is 0 Å². The summed E-state index contributed by atoms with van der Waals surface area (Å²) in [4.78, 5) is 0. The molecule has 0 aromatic heterocycles. The Morgan fingerprint density at radius 3 is 2.16 bits per heavy atom. The molecule has 0 aliphatic heterocycles. The molecule has 0 aliphatic carbocycles. The van der Waals surface area contributed by atoms with Crippen LogP contribution in [0.15, 0.2) is 49.6 Å². The highest BCUT2D eigenvalue weighted by Gasteiger charge is 2.29. The molecule has 0 unspecified atom stereocenters. The van der Waals surface area contributed by atoms with Gasteiger partial charge < -0.3 is 10.2 Å². The van der Waals surface area contributed by atoms with Gasteiger partial charge in [-0.1, -0.05) is 38.1 Å². The Hall–Kier alpha value is -2.48. The van der Waals surface area contributed by atoms with E-state index < -0.39 is 0 Å². The molecule has 2 nitrogen and oxygen atoms in total. The van der Waals surface area contributed by atoms with E-state index in [2.05, 4.69) is 33.1 Å². The molecule has 132 valence electrons. The first-order valence-electron chi connectivity index (χ1n) is 8.60. The van der Waals surface area contributed by atoms with Crippen molar-refractivity contribution in [1.29, 1.82) is 0 Å². The molecule has 2 rings (SSSR count). The number of hydrogen-bond acceptors (Lipinski definition) is 2. The Bertz CT molecular complexity index is 809. The van der Waals surface area contributed by atoms with E-state index in [4.69, 9.17) is 0 Å². The zero-order valence-electron chi connectivity index (χ0n) is 15.7. The molecule has 0 saturated heterocycles. The average Bonchev–Trinajstić information content (AvgIpc) is 2.55. The normalized spacial score (nSPS) is 11.4. The van der Waals surface area contributed by atoms with Crippen LogP contribution >= 0.6 is 0 Å². The van der Waals surface area contributed by atoms with Crippen molar-refractivity contribution in [2.24, 2.45) is 0 Å². The Morgan fingerprint density at radius 1 is 0.920 bits per heavy atom. The predicted octanol–water partition coefficient (Wildman–Crippen LogP) is 5.50. The maximum Gasteiger partial charge on any atom is 0.118 e. The summed E-state index contributed by atoms with van der Waals surface area (Å²) in [7, 11) is 0. The second-order valence-electron chi connectivity index (χ2n) is 7.14. The van der Waals surface area contributed by atoms with Crippen LogP contribution in [-0.4, -0.2) is 10.2 Å². The largest absolute Gasteiger partial charge is 0.508 e. The summed E-state index contributed by atoms with van der Waals surface area (Å²) < 4.78 is 0. The first-order chi connectivity index (χ1) is 11.7. The van der Waals surface area contributed by atoms with Crippen molar-refractivity contribution >= 4 is 0 Å². The highest BCUT2D eigenvalue weighted by atomic mass is 16.3. The summed E-state index contributed by atoms with van der Waals surface area (Å²) >= 11 is 0. The summed E-state index contributed by atoms with van der Waals surface area (Å²) in [5, 5.41) is 20.3. The molecule has 0 amide bonds. The van der Waals surface area contributed by atoms with Crippen molar-refractivity contribution in [1.82, 2.24) is 0 Å². The lowest BCUT2D eigenvalue weighted by atomic mass is 9.72. The zero-order chi connectivity index (χ0) is 18.8. The lowest BCUT2D eigenvalue weighted by Crippen LogP contribution is -2.23. The fraction of sp³-hybridized carbons (Fsp3) is 0.304. The fourth-order valence-electron chi connectivity index (χ4n) is 3.53. The minimum Gasteiger partial charge on any atom is -0.508 e. The highest BCUT2D eigenvalue weighted by Crippen LogP contribution is 2.40. The molecule has 0 bridgehead atoms. The third-order valence-corrected chi connectivity index (χ3v) is 5.05. The van der Waals surface area contributed by atoms with Crippen LogP contribution in [0.5, 0.6) is 11.5 Å². The van der Waals surface area contributed by atoms with Crippen molar-refractivity contribution in [3.05, 3.63) is 83.0 Å². The van der Waals surface area contributed by atoms with E-state index in [1.54, 1.807) is 6.07 Å². The highest BCUT2D eigenvalue weighted by molar-refractivity contribution is 5.54. The number of aryl methyl sites for hydroxylation is 1. The van der Waals surface area contributed by atoms with Gasteiger partial charge in [0.2, 0.25) is 0 Å². The van der Waals surface area contributed by atoms with Crippen molar-refractivity contribution in [2.75, 3.05) is 0 Å². The quantitative estimate of drug-likeness (QED) is 0.684. The molecule has 0 heterocycles. The van der Waals surface area contributed by atoms with Crippen LogP contribution in [0, 0.1) is 13.8 Å². The minimum absolute atomic E-state index is 0.284. The van der Waals surface area contributed by atoms with E-state index in [-0.39, 0.29) is 5.41 Å². The molecule has 25 heavy (non-hydrogen) atoms. The van der Waals surface area contributed by atoms with Crippen LogP contribution in [0.3, 0.4) is 0 Å². The number of benzene rings is 2. The van der Waals surface area contributed by atoms with E-state index in [1.165, 1.54) is 0 Å². The topological polar surface area (TPSA) is 40.5 Å². The molecule has 0 spiro atoms. The van der Waals surface area contributed by atoms with Gasteiger partial charge in [0.15, 0.2) is 0 Å². The van der Waals surface area contributed by atoms with Gasteiger partial charge in [0, 0.05) is 5.41 Å². The molecule has 0 aliphatic rings.